The van der Waals surface area contributed by atoms with E-state index >= 15 is 0 Å². The van der Waals surface area contributed by atoms with Crippen LogP contribution < -0.4 is 5.32 Å². The molecule has 1 aliphatic carbocycles. The highest BCUT2D eigenvalue weighted by molar-refractivity contribution is 9.10. The summed E-state index contributed by atoms with van der Waals surface area (Å²) in [5.74, 6) is -0.493. The van der Waals surface area contributed by atoms with Gasteiger partial charge in [0, 0.05) is 11.0 Å². The first-order valence-electron chi connectivity index (χ1n) is 6.34. The van der Waals surface area contributed by atoms with Gasteiger partial charge in [-0.15, -0.1) is 0 Å². The highest BCUT2D eigenvalue weighted by Crippen LogP contribution is 2.40. The molecule has 0 heterocycles. The fourth-order valence-electron chi connectivity index (χ4n) is 2.23. The Kier molecular flexibility index (Phi) is 4.28. The lowest BCUT2D eigenvalue weighted by atomic mass is 9.69. The van der Waals surface area contributed by atoms with Gasteiger partial charge in [0.2, 0.25) is 5.91 Å². The van der Waals surface area contributed by atoms with E-state index in [0.717, 1.165) is 12.5 Å². The highest BCUT2D eigenvalue weighted by Gasteiger charge is 2.44. The van der Waals surface area contributed by atoms with Crippen LogP contribution in [0.1, 0.15) is 30.4 Å². The maximum atomic E-state index is 12.9. The summed E-state index contributed by atoms with van der Waals surface area (Å²) >= 11 is 3.00. The Hall–Kier alpha value is -1.55. The molecule has 0 aromatic heterocycles. The van der Waals surface area contributed by atoms with Crippen LogP contribution >= 0.6 is 15.9 Å². The minimum Gasteiger partial charge on any atom is -0.351 e. The Balaban J connectivity index is 2.14. The summed E-state index contributed by atoms with van der Waals surface area (Å²) in [7, 11) is 0. The van der Waals surface area contributed by atoms with Gasteiger partial charge in [-0.05, 0) is 37.0 Å². The number of nitrogens with zero attached hydrogens (tertiary/aromatic N) is 1. The van der Waals surface area contributed by atoms with E-state index < -0.39 is 23.1 Å². The average Bonchev–Trinajstić information content (AvgIpc) is 2.35. The minimum absolute atomic E-state index is 0.0218. The molecule has 1 aliphatic rings. The van der Waals surface area contributed by atoms with Crippen LogP contribution in [0.2, 0.25) is 0 Å². The molecule has 0 unspecified atom stereocenters. The Bertz CT molecular complexity index is 603. The Morgan fingerprint density at radius 3 is 2.57 bits per heavy atom. The summed E-state index contributed by atoms with van der Waals surface area (Å²) in [6, 6.07) is 5.74. The summed E-state index contributed by atoms with van der Waals surface area (Å²) < 4.78 is 39.2. The molecule has 0 bridgehead atoms. The molecule has 1 saturated carbocycles. The Morgan fingerprint density at radius 1 is 1.43 bits per heavy atom. The molecular formula is C14H12BrF3N2O. The minimum atomic E-state index is -4.49. The van der Waals surface area contributed by atoms with Crippen LogP contribution in [-0.2, 0) is 17.5 Å². The molecule has 0 aliphatic heterocycles. The number of carbonyl (C=O) groups excluding carboxylic acids is 1. The van der Waals surface area contributed by atoms with Crippen molar-refractivity contribution in [3.05, 3.63) is 33.8 Å². The van der Waals surface area contributed by atoms with Gasteiger partial charge in [-0.2, -0.15) is 18.4 Å². The second-order valence-electron chi connectivity index (χ2n) is 5.03. The van der Waals surface area contributed by atoms with Crippen LogP contribution in [0.15, 0.2) is 22.7 Å². The van der Waals surface area contributed by atoms with E-state index in [2.05, 4.69) is 21.2 Å². The van der Waals surface area contributed by atoms with Crippen molar-refractivity contribution in [2.24, 2.45) is 5.41 Å². The van der Waals surface area contributed by atoms with Gasteiger partial charge in [0.15, 0.2) is 0 Å². The summed E-state index contributed by atoms with van der Waals surface area (Å²) in [6.45, 7) is -0.246. The number of hydrogen-bond acceptors (Lipinski definition) is 2. The molecule has 0 radical (unpaired) electrons. The quantitative estimate of drug-likeness (QED) is 0.891. The monoisotopic (exact) mass is 360 g/mol. The lowest BCUT2D eigenvalue weighted by Gasteiger charge is -2.33. The van der Waals surface area contributed by atoms with Gasteiger partial charge < -0.3 is 5.32 Å². The van der Waals surface area contributed by atoms with Gasteiger partial charge in [0.25, 0.3) is 0 Å². The van der Waals surface area contributed by atoms with Gasteiger partial charge >= 0.3 is 6.18 Å². The highest BCUT2D eigenvalue weighted by atomic mass is 79.9. The molecule has 0 atom stereocenters. The zero-order valence-corrected chi connectivity index (χ0v) is 12.5. The normalized spacial score (nSPS) is 16.7. The SMILES string of the molecule is N#CC1(C(=O)NCc2ccc(Br)cc2C(F)(F)F)CCC1. The van der Waals surface area contributed by atoms with Crippen molar-refractivity contribution in [2.75, 3.05) is 0 Å². The van der Waals surface area contributed by atoms with Crippen LogP contribution in [0.25, 0.3) is 0 Å². The van der Waals surface area contributed by atoms with Gasteiger partial charge in [-0.1, -0.05) is 22.0 Å². The number of carbonyl (C=O) groups is 1. The van der Waals surface area contributed by atoms with Crippen LogP contribution in [-0.4, -0.2) is 5.91 Å². The smallest absolute Gasteiger partial charge is 0.351 e. The maximum absolute atomic E-state index is 12.9. The average molecular weight is 361 g/mol. The van der Waals surface area contributed by atoms with Crippen molar-refractivity contribution in [1.29, 1.82) is 5.26 Å². The lowest BCUT2D eigenvalue weighted by Crippen LogP contribution is -2.44. The summed E-state index contributed by atoms with van der Waals surface area (Å²) in [5, 5.41) is 11.5. The number of rotatable bonds is 3. The van der Waals surface area contributed by atoms with E-state index in [4.69, 9.17) is 5.26 Å². The fraction of sp³-hybridized carbons (Fsp3) is 0.429. The first-order valence-corrected chi connectivity index (χ1v) is 7.13. The van der Waals surface area contributed by atoms with E-state index in [-0.39, 0.29) is 12.1 Å². The van der Waals surface area contributed by atoms with Crippen molar-refractivity contribution in [2.45, 2.75) is 32.0 Å². The van der Waals surface area contributed by atoms with Crippen molar-refractivity contribution in [1.82, 2.24) is 5.32 Å². The largest absolute Gasteiger partial charge is 0.416 e. The third kappa shape index (κ3) is 3.21. The number of halogens is 4. The van der Waals surface area contributed by atoms with E-state index in [1.165, 1.54) is 12.1 Å². The summed E-state index contributed by atoms with van der Waals surface area (Å²) in [4.78, 5) is 12.0. The first-order chi connectivity index (χ1) is 9.78. The van der Waals surface area contributed by atoms with Crippen molar-refractivity contribution >= 4 is 21.8 Å². The van der Waals surface area contributed by atoms with E-state index in [0.29, 0.717) is 17.3 Å². The van der Waals surface area contributed by atoms with Gasteiger partial charge in [0.1, 0.15) is 5.41 Å². The Labute approximate surface area is 128 Å². The van der Waals surface area contributed by atoms with Crippen molar-refractivity contribution in [3.8, 4) is 6.07 Å². The number of benzene rings is 1. The molecule has 2 rings (SSSR count). The third-order valence-corrected chi connectivity index (χ3v) is 4.17. The third-order valence-electron chi connectivity index (χ3n) is 3.67. The molecule has 21 heavy (non-hydrogen) atoms. The van der Waals surface area contributed by atoms with Crippen molar-refractivity contribution in [3.63, 3.8) is 0 Å². The number of hydrogen-bond donors (Lipinski definition) is 1. The molecule has 0 spiro atoms. The number of alkyl halides is 3. The van der Waals surface area contributed by atoms with Crippen molar-refractivity contribution < 1.29 is 18.0 Å². The van der Waals surface area contributed by atoms with Gasteiger partial charge in [-0.3, -0.25) is 4.79 Å². The van der Waals surface area contributed by atoms with Crippen LogP contribution in [0, 0.1) is 16.7 Å². The fourth-order valence-corrected chi connectivity index (χ4v) is 2.59. The predicted molar refractivity (Wildman–Crippen MR) is 72.9 cm³/mol. The Morgan fingerprint density at radius 2 is 2.10 bits per heavy atom. The molecular weight excluding hydrogens is 349 g/mol. The van der Waals surface area contributed by atoms with Gasteiger partial charge in [0.05, 0.1) is 11.6 Å². The zero-order valence-electron chi connectivity index (χ0n) is 10.9. The van der Waals surface area contributed by atoms with E-state index in [9.17, 15) is 18.0 Å². The van der Waals surface area contributed by atoms with Crippen LogP contribution in [0.4, 0.5) is 13.2 Å². The molecule has 3 nitrogen and oxygen atoms in total. The van der Waals surface area contributed by atoms with Crippen LogP contribution in [0.3, 0.4) is 0 Å². The molecule has 1 aromatic carbocycles. The standard InChI is InChI=1S/C14H12BrF3N2O/c15-10-3-2-9(11(6-10)14(16,17)18)7-20-12(21)13(8-19)4-1-5-13/h2-3,6H,1,4-5,7H2,(H,20,21). The summed E-state index contributed by atoms with van der Waals surface area (Å²) in [6.07, 6.45) is -2.79. The molecule has 1 amide bonds. The first kappa shape index (κ1) is 15.8. The number of nitrogens with one attached hydrogen (secondary N) is 1. The maximum Gasteiger partial charge on any atom is 0.416 e. The predicted octanol–water partition coefficient (Wildman–Crippen LogP) is 3.78. The number of amides is 1. The molecule has 112 valence electrons. The topological polar surface area (TPSA) is 52.9 Å². The zero-order chi connectivity index (χ0) is 15.7. The molecule has 1 fully saturated rings. The second-order valence-corrected chi connectivity index (χ2v) is 5.95. The lowest BCUT2D eigenvalue weighted by molar-refractivity contribution is -0.139. The molecule has 1 N–H and O–H groups in total. The van der Waals surface area contributed by atoms with E-state index in [1.807, 2.05) is 6.07 Å². The van der Waals surface area contributed by atoms with Crippen LogP contribution in [0.5, 0.6) is 0 Å². The molecule has 7 heteroatoms. The summed E-state index contributed by atoms with van der Waals surface area (Å²) in [5.41, 5.74) is -1.88. The van der Waals surface area contributed by atoms with Gasteiger partial charge in [-0.25, -0.2) is 0 Å². The van der Waals surface area contributed by atoms with E-state index in [1.54, 1.807) is 0 Å². The number of nitriles is 1. The second kappa shape index (κ2) is 5.68. The molecule has 0 saturated heterocycles. The molecule has 1 aromatic rings.